The minimum atomic E-state index is -0.250. The Balaban J connectivity index is 0.000000569. The first kappa shape index (κ1) is 16.8. The highest BCUT2D eigenvalue weighted by atomic mass is 16.5. The summed E-state index contributed by atoms with van der Waals surface area (Å²) in [5, 5.41) is 6.89. The molecular formula is C17H19N5O3. The molecule has 3 aromatic rings. The zero-order chi connectivity index (χ0) is 17.5. The van der Waals surface area contributed by atoms with Crippen molar-refractivity contribution in [1.82, 2.24) is 24.5 Å². The third-order valence-electron chi connectivity index (χ3n) is 4.15. The molecule has 3 aromatic heterocycles. The van der Waals surface area contributed by atoms with Crippen LogP contribution in [0.25, 0.3) is 11.6 Å². The molecule has 2 N–H and O–H groups in total. The number of hydrogen-bond acceptors (Lipinski definition) is 5. The van der Waals surface area contributed by atoms with Crippen LogP contribution < -0.4 is 0 Å². The third kappa shape index (κ3) is 3.92. The Labute approximate surface area is 144 Å². The van der Waals surface area contributed by atoms with Crippen LogP contribution in [0.4, 0.5) is 0 Å². The second-order valence-corrected chi connectivity index (χ2v) is 5.63. The van der Waals surface area contributed by atoms with Gasteiger partial charge in [-0.2, -0.15) is 0 Å². The molecule has 1 saturated heterocycles. The largest absolute Gasteiger partial charge is 0.483 e. The number of imidazole rings is 2. The summed E-state index contributed by atoms with van der Waals surface area (Å²) < 4.78 is 7.92. The van der Waals surface area contributed by atoms with E-state index in [9.17, 15) is 0 Å². The molecule has 1 aliphatic heterocycles. The van der Waals surface area contributed by atoms with Crippen molar-refractivity contribution in [2.75, 3.05) is 13.2 Å². The number of aromatic nitrogens is 5. The second-order valence-electron chi connectivity index (χ2n) is 5.63. The fraction of sp³-hybridized carbons (Fsp3) is 0.294. The van der Waals surface area contributed by atoms with Gasteiger partial charge in [0.25, 0.3) is 6.47 Å². The van der Waals surface area contributed by atoms with Crippen LogP contribution in [0.1, 0.15) is 11.6 Å². The van der Waals surface area contributed by atoms with E-state index in [0.29, 0.717) is 12.5 Å². The van der Waals surface area contributed by atoms with Crippen LogP contribution in [0.3, 0.4) is 0 Å². The van der Waals surface area contributed by atoms with Gasteiger partial charge < -0.3 is 19.4 Å². The Morgan fingerprint density at radius 3 is 2.76 bits per heavy atom. The molecule has 130 valence electrons. The van der Waals surface area contributed by atoms with Gasteiger partial charge in [-0.3, -0.25) is 9.78 Å². The lowest BCUT2D eigenvalue weighted by Crippen LogP contribution is -2.20. The molecule has 0 aliphatic carbocycles. The van der Waals surface area contributed by atoms with Gasteiger partial charge in [-0.25, -0.2) is 9.97 Å². The maximum atomic E-state index is 8.36. The van der Waals surface area contributed by atoms with Gasteiger partial charge in [0.05, 0.1) is 19.3 Å². The van der Waals surface area contributed by atoms with E-state index in [1.165, 1.54) is 5.56 Å². The maximum absolute atomic E-state index is 8.36. The molecule has 1 fully saturated rings. The van der Waals surface area contributed by atoms with Gasteiger partial charge in [-0.1, -0.05) is 0 Å². The van der Waals surface area contributed by atoms with Crippen LogP contribution in [0.2, 0.25) is 0 Å². The highest BCUT2D eigenvalue weighted by Crippen LogP contribution is 2.31. The average Bonchev–Trinajstić information content (AvgIpc) is 3.37. The summed E-state index contributed by atoms with van der Waals surface area (Å²) >= 11 is 0. The number of ether oxygens (including phenoxy) is 1. The number of rotatable bonds is 4. The van der Waals surface area contributed by atoms with Gasteiger partial charge in [-0.15, -0.1) is 0 Å². The summed E-state index contributed by atoms with van der Waals surface area (Å²) in [4.78, 5) is 24.3. The number of hydrogen-bond donors (Lipinski definition) is 2. The quantitative estimate of drug-likeness (QED) is 0.701. The fourth-order valence-electron chi connectivity index (χ4n) is 3.06. The minimum absolute atomic E-state index is 0.250. The zero-order valence-electron chi connectivity index (χ0n) is 13.5. The standard InChI is InChI=1S/C16H17N5O.CH2O2/c1-3-17-4-2-12(1)9-13-10-22-11-14(13)21-8-7-20-16(21)15-18-5-6-19-15;2-1-3/h1-8,13-14H,9-11H2,(H,18,19);1H,(H,2,3)/t13-,14+;/m0./s1. The molecule has 0 amide bonds. The Morgan fingerprint density at radius 2 is 2.04 bits per heavy atom. The predicted molar refractivity (Wildman–Crippen MR) is 89.8 cm³/mol. The molecular weight excluding hydrogens is 322 g/mol. The molecule has 0 spiro atoms. The van der Waals surface area contributed by atoms with Crippen LogP contribution in [-0.2, 0) is 16.0 Å². The van der Waals surface area contributed by atoms with Gasteiger partial charge in [0.15, 0.2) is 11.6 Å². The van der Waals surface area contributed by atoms with Crippen molar-refractivity contribution in [1.29, 1.82) is 0 Å². The van der Waals surface area contributed by atoms with Gasteiger partial charge in [-0.05, 0) is 24.1 Å². The summed E-state index contributed by atoms with van der Waals surface area (Å²) in [6, 6.07) is 4.41. The molecule has 0 saturated carbocycles. The monoisotopic (exact) mass is 341 g/mol. The number of aromatic amines is 1. The predicted octanol–water partition coefficient (Wildman–Crippen LogP) is 1.80. The van der Waals surface area contributed by atoms with Crippen molar-refractivity contribution in [2.45, 2.75) is 12.5 Å². The van der Waals surface area contributed by atoms with E-state index in [1.54, 1.807) is 6.20 Å². The summed E-state index contributed by atoms with van der Waals surface area (Å²) in [6.45, 7) is 1.22. The van der Waals surface area contributed by atoms with E-state index in [2.05, 4.69) is 36.6 Å². The van der Waals surface area contributed by atoms with Gasteiger partial charge >= 0.3 is 0 Å². The number of H-pyrrole nitrogens is 1. The summed E-state index contributed by atoms with van der Waals surface area (Å²) in [5.41, 5.74) is 1.29. The zero-order valence-corrected chi connectivity index (χ0v) is 13.5. The first-order chi connectivity index (χ1) is 12.3. The Bertz CT molecular complexity index is 773. The van der Waals surface area contributed by atoms with E-state index < -0.39 is 0 Å². The number of nitrogens with one attached hydrogen (secondary N) is 1. The summed E-state index contributed by atoms with van der Waals surface area (Å²) in [7, 11) is 0. The van der Waals surface area contributed by atoms with E-state index in [0.717, 1.165) is 24.7 Å². The number of pyridine rings is 1. The van der Waals surface area contributed by atoms with Crippen molar-refractivity contribution < 1.29 is 14.6 Å². The van der Waals surface area contributed by atoms with Crippen molar-refractivity contribution >= 4 is 6.47 Å². The molecule has 2 atom stereocenters. The van der Waals surface area contributed by atoms with Gasteiger partial charge in [0.2, 0.25) is 0 Å². The second kappa shape index (κ2) is 8.20. The Hall–Kier alpha value is -3.00. The fourth-order valence-corrected chi connectivity index (χ4v) is 3.06. The van der Waals surface area contributed by atoms with Crippen LogP contribution in [-0.4, -0.2) is 49.3 Å². The van der Waals surface area contributed by atoms with Crippen LogP contribution >= 0.6 is 0 Å². The minimum Gasteiger partial charge on any atom is -0.483 e. The van der Waals surface area contributed by atoms with Crippen molar-refractivity contribution in [3.8, 4) is 11.6 Å². The molecule has 25 heavy (non-hydrogen) atoms. The molecule has 0 bridgehead atoms. The molecule has 4 rings (SSSR count). The van der Waals surface area contributed by atoms with E-state index in [-0.39, 0.29) is 12.5 Å². The highest BCUT2D eigenvalue weighted by molar-refractivity contribution is 5.43. The summed E-state index contributed by atoms with van der Waals surface area (Å²) in [6.07, 6.45) is 12.0. The smallest absolute Gasteiger partial charge is 0.290 e. The van der Waals surface area contributed by atoms with Crippen molar-refractivity contribution in [2.24, 2.45) is 5.92 Å². The van der Waals surface area contributed by atoms with E-state index >= 15 is 0 Å². The van der Waals surface area contributed by atoms with Crippen LogP contribution in [0, 0.1) is 5.92 Å². The maximum Gasteiger partial charge on any atom is 0.290 e. The van der Waals surface area contributed by atoms with Crippen LogP contribution in [0.5, 0.6) is 0 Å². The Kier molecular flexibility index (Phi) is 5.53. The molecule has 0 unspecified atom stereocenters. The third-order valence-corrected chi connectivity index (χ3v) is 4.15. The average molecular weight is 341 g/mol. The summed E-state index contributed by atoms with van der Waals surface area (Å²) in [5.74, 6) is 2.07. The number of nitrogens with zero attached hydrogens (tertiary/aromatic N) is 4. The van der Waals surface area contributed by atoms with Crippen molar-refractivity contribution in [3.05, 3.63) is 54.9 Å². The van der Waals surface area contributed by atoms with Crippen LogP contribution in [0.15, 0.2) is 49.3 Å². The lowest BCUT2D eigenvalue weighted by molar-refractivity contribution is -0.122. The normalized spacial score (nSPS) is 19.2. The SMILES string of the molecule is O=CO.c1cc(C[C@H]2COC[C@H]2n2ccnc2-c2ncc[nH]2)ccn1. The van der Waals surface area contributed by atoms with Crippen molar-refractivity contribution in [3.63, 3.8) is 0 Å². The first-order valence-corrected chi connectivity index (χ1v) is 7.90. The van der Waals surface area contributed by atoms with Gasteiger partial charge in [0.1, 0.15) is 0 Å². The molecule has 8 nitrogen and oxygen atoms in total. The first-order valence-electron chi connectivity index (χ1n) is 7.90. The topological polar surface area (TPSA) is 106 Å². The molecule has 8 heteroatoms. The van der Waals surface area contributed by atoms with E-state index in [1.807, 2.05) is 31.0 Å². The Morgan fingerprint density at radius 1 is 1.24 bits per heavy atom. The number of carbonyl (C=O) groups is 1. The molecule has 0 aromatic carbocycles. The molecule has 1 aliphatic rings. The lowest BCUT2D eigenvalue weighted by Gasteiger charge is -2.20. The van der Waals surface area contributed by atoms with Gasteiger partial charge in [0, 0.05) is 43.1 Å². The molecule has 4 heterocycles. The van der Waals surface area contributed by atoms with E-state index in [4.69, 9.17) is 14.6 Å². The molecule has 0 radical (unpaired) electrons. The lowest BCUT2D eigenvalue weighted by atomic mass is 9.95. The number of carboxylic acid groups (broad SMARTS) is 1. The highest BCUT2D eigenvalue weighted by Gasteiger charge is 2.31.